The number of aryl methyl sites for hydroxylation is 2. The minimum Gasteiger partial charge on any atom is -0.398 e. The van der Waals surface area contributed by atoms with Crippen molar-refractivity contribution in [3.63, 3.8) is 0 Å². The zero-order valence-electron chi connectivity index (χ0n) is 10.9. The molecule has 0 spiro atoms. The Labute approximate surface area is 111 Å². The number of nitrogen functional groups attached to an aromatic ring is 1. The highest BCUT2D eigenvalue weighted by atomic mass is 32.2. The van der Waals surface area contributed by atoms with E-state index in [9.17, 15) is 8.42 Å². The summed E-state index contributed by atoms with van der Waals surface area (Å²) in [6, 6.07) is 3.18. The third-order valence-corrected chi connectivity index (χ3v) is 4.55. The van der Waals surface area contributed by atoms with Crippen LogP contribution in [-0.2, 0) is 10.0 Å². The van der Waals surface area contributed by atoms with Crippen molar-refractivity contribution in [3.8, 4) is 0 Å². The second-order valence-electron chi connectivity index (χ2n) is 4.37. The van der Waals surface area contributed by atoms with Crippen molar-refractivity contribution in [2.75, 3.05) is 10.5 Å². The monoisotopic (exact) mass is 281 g/mol. The maximum atomic E-state index is 12.4. The van der Waals surface area contributed by atoms with E-state index in [0.717, 1.165) is 5.56 Å². The standard InChI is InChI=1S/C12H15N3O3S/c1-7-6-8(2)12(9(3)11(7)13)19(16,17)15-10-4-5-18-14-10/h4-6H,13H2,1-3H3,(H,14,15). The van der Waals surface area contributed by atoms with Crippen LogP contribution < -0.4 is 10.5 Å². The third-order valence-electron chi connectivity index (χ3n) is 2.91. The Morgan fingerprint density at radius 3 is 2.53 bits per heavy atom. The van der Waals surface area contributed by atoms with Gasteiger partial charge in [-0.2, -0.15) is 0 Å². The minimum absolute atomic E-state index is 0.137. The lowest BCUT2D eigenvalue weighted by atomic mass is 10.1. The Kier molecular flexibility index (Phi) is 3.23. The molecule has 0 aliphatic rings. The summed E-state index contributed by atoms with van der Waals surface area (Å²) in [6.45, 7) is 5.26. The number of nitrogens with one attached hydrogen (secondary N) is 1. The summed E-state index contributed by atoms with van der Waals surface area (Å²) in [5.41, 5.74) is 8.40. The van der Waals surface area contributed by atoms with E-state index in [1.807, 2.05) is 6.92 Å². The molecule has 0 bridgehead atoms. The van der Waals surface area contributed by atoms with Gasteiger partial charge in [-0.25, -0.2) is 8.42 Å². The van der Waals surface area contributed by atoms with Gasteiger partial charge >= 0.3 is 0 Å². The summed E-state index contributed by atoms with van der Waals surface area (Å²) in [4.78, 5) is 0.179. The summed E-state index contributed by atoms with van der Waals surface area (Å²) in [5, 5.41) is 3.53. The van der Waals surface area contributed by atoms with Crippen molar-refractivity contribution >= 4 is 21.5 Å². The molecule has 7 heteroatoms. The molecule has 1 heterocycles. The van der Waals surface area contributed by atoms with Gasteiger partial charge in [0.1, 0.15) is 6.26 Å². The van der Waals surface area contributed by atoms with Gasteiger partial charge in [0.2, 0.25) is 0 Å². The van der Waals surface area contributed by atoms with Crippen LogP contribution in [0.2, 0.25) is 0 Å². The number of anilines is 2. The molecule has 0 unspecified atom stereocenters. The lowest BCUT2D eigenvalue weighted by molar-refractivity contribution is 0.423. The molecule has 2 rings (SSSR count). The van der Waals surface area contributed by atoms with Gasteiger partial charge in [0.05, 0.1) is 4.90 Å². The maximum absolute atomic E-state index is 12.4. The van der Waals surface area contributed by atoms with Gasteiger partial charge < -0.3 is 10.3 Å². The normalized spacial score (nSPS) is 11.5. The van der Waals surface area contributed by atoms with Gasteiger partial charge in [-0.3, -0.25) is 4.72 Å². The van der Waals surface area contributed by atoms with Crippen LogP contribution in [0.1, 0.15) is 16.7 Å². The Morgan fingerprint density at radius 2 is 1.95 bits per heavy atom. The highest BCUT2D eigenvalue weighted by Gasteiger charge is 2.22. The quantitative estimate of drug-likeness (QED) is 0.838. The third kappa shape index (κ3) is 2.41. The van der Waals surface area contributed by atoms with Crippen molar-refractivity contribution in [1.29, 1.82) is 0 Å². The topological polar surface area (TPSA) is 98.2 Å². The summed E-state index contributed by atoms with van der Waals surface area (Å²) in [7, 11) is -3.74. The second-order valence-corrected chi connectivity index (χ2v) is 5.99. The summed E-state index contributed by atoms with van der Waals surface area (Å²) < 4.78 is 31.7. The van der Waals surface area contributed by atoms with Crippen LogP contribution in [0, 0.1) is 20.8 Å². The smallest absolute Gasteiger partial charge is 0.263 e. The van der Waals surface area contributed by atoms with Gasteiger partial charge in [-0.1, -0.05) is 11.2 Å². The molecule has 19 heavy (non-hydrogen) atoms. The van der Waals surface area contributed by atoms with E-state index in [4.69, 9.17) is 5.73 Å². The lowest BCUT2D eigenvalue weighted by Crippen LogP contribution is -2.17. The van der Waals surface area contributed by atoms with Crippen molar-refractivity contribution < 1.29 is 12.9 Å². The molecule has 0 atom stereocenters. The predicted molar refractivity (Wildman–Crippen MR) is 72.4 cm³/mol. The van der Waals surface area contributed by atoms with Gasteiger partial charge in [-0.15, -0.1) is 0 Å². The molecule has 3 N–H and O–H groups in total. The molecule has 0 fully saturated rings. The van der Waals surface area contributed by atoms with E-state index < -0.39 is 10.0 Å². The van der Waals surface area contributed by atoms with Crippen molar-refractivity contribution in [1.82, 2.24) is 5.16 Å². The van der Waals surface area contributed by atoms with Crippen LogP contribution in [0.5, 0.6) is 0 Å². The zero-order chi connectivity index (χ0) is 14.2. The molecular weight excluding hydrogens is 266 g/mol. The number of hydrogen-bond donors (Lipinski definition) is 2. The van der Waals surface area contributed by atoms with Gasteiger partial charge in [0.15, 0.2) is 5.82 Å². The fourth-order valence-electron chi connectivity index (χ4n) is 2.05. The number of nitrogens with zero attached hydrogens (tertiary/aromatic N) is 1. The average molecular weight is 281 g/mol. The molecular formula is C12H15N3O3S. The van der Waals surface area contributed by atoms with Crippen LogP contribution in [0.15, 0.2) is 27.8 Å². The highest BCUT2D eigenvalue weighted by molar-refractivity contribution is 7.92. The number of nitrogens with two attached hydrogens (primary N) is 1. The minimum atomic E-state index is -3.74. The van der Waals surface area contributed by atoms with Gasteiger partial charge in [0, 0.05) is 11.8 Å². The number of hydrogen-bond acceptors (Lipinski definition) is 5. The molecule has 1 aromatic carbocycles. The number of rotatable bonds is 3. The molecule has 0 aliphatic heterocycles. The van der Waals surface area contributed by atoms with Crippen molar-refractivity contribution in [2.24, 2.45) is 0 Å². The molecule has 0 saturated carbocycles. The van der Waals surface area contributed by atoms with Gasteiger partial charge in [-0.05, 0) is 37.5 Å². The van der Waals surface area contributed by atoms with Crippen LogP contribution >= 0.6 is 0 Å². The van der Waals surface area contributed by atoms with Crippen LogP contribution in [0.25, 0.3) is 0 Å². The molecule has 6 nitrogen and oxygen atoms in total. The molecule has 0 aliphatic carbocycles. The van der Waals surface area contributed by atoms with Gasteiger partial charge in [0.25, 0.3) is 10.0 Å². The lowest BCUT2D eigenvalue weighted by Gasteiger charge is -2.15. The fraction of sp³-hybridized carbons (Fsp3) is 0.250. The van der Waals surface area contributed by atoms with Crippen LogP contribution in [-0.4, -0.2) is 13.6 Å². The Balaban J connectivity index is 2.55. The van der Waals surface area contributed by atoms with E-state index in [0.29, 0.717) is 16.8 Å². The first kappa shape index (κ1) is 13.4. The maximum Gasteiger partial charge on any atom is 0.263 e. The second kappa shape index (κ2) is 4.58. The van der Waals surface area contributed by atoms with E-state index in [1.54, 1.807) is 19.9 Å². The molecule has 0 saturated heterocycles. The molecule has 0 radical (unpaired) electrons. The first-order chi connectivity index (χ1) is 8.83. The molecule has 2 aromatic rings. The Hall–Kier alpha value is -2.02. The van der Waals surface area contributed by atoms with Crippen molar-refractivity contribution in [2.45, 2.75) is 25.7 Å². The number of benzene rings is 1. The van der Waals surface area contributed by atoms with Crippen molar-refractivity contribution in [3.05, 3.63) is 35.1 Å². The van der Waals surface area contributed by atoms with Crippen LogP contribution in [0.3, 0.4) is 0 Å². The highest BCUT2D eigenvalue weighted by Crippen LogP contribution is 2.29. The van der Waals surface area contributed by atoms with E-state index >= 15 is 0 Å². The molecule has 102 valence electrons. The summed E-state index contributed by atoms with van der Waals surface area (Å²) in [5.74, 6) is 0.137. The SMILES string of the molecule is Cc1cc(C)c(S(=O)(=O)Nc2ccon2)c(C)c1N. The summed E-state index contributed by atoms with van der Waals surface area (Å²) in [6.07, 6.45) is 1.29. The average Bonchev–Trinajstić information content (AvgIpc) is 2.77. The first-order valence-corrected chi connectivity index (χ1v) is 7.10. The molecule has 1 aromatic heterocycles. The molecule has 0 amide bonds. The van der Waals surface area contributed by atoms with Crippen LogP contribution in [0.4, 0.5) is 11.5 Å². The number of aromatic nitrogens is 1. The predicted octanol–water partition coefficient (Wildman–Crippen LogP) is 1.98. The summed E-state index contributed by atoms with van der Waals surface area (Å²) >= 11 is 0. The van der Waals surface area contributed by atoms with E-state index in [-0.39, 0.29) is 10.7 Å². The zero-order valence-corrected chi connectivity index (χ0v) is 11.7. The van der Waals surface area contributed by atoms with E-state index in [2.05, 4.69) is 14.4 Å². The Bertz CT molecular complexity index is 706. The fourth-order valence-corrected chi connectivity index (χ4v) is 3.53. The Morgan fingerprint density at radius 1 is 1.26 bits per heavy atom. The first-order valence-electron chi connectivity index (χ1n) is 5.62. The number of sulfonamides is 1. The van der Waals surface area contributed by atoms with E-state index in [1.165, 1.54) is 12.3 Å². The largest absolute Gasteiger partial charge is 0.398 e.